The minimum Gasteiger partial charge on any atom is -0.356 e. The largest absolute Gasteiger partial charge is 0.356 e. The molecule has 2 rings (SSSR count). The van der Waals surface area contributed by atoms with Gasteiger partial charge in [-0.15, -0.1) is 0 Å². The molecule has 0 bridgehead atoms. The summed E-state index contributed by atoms with van der Waals surface area (Å²) in [4.78, 5) is 31.2. The van der Waals surface area contributed by atoms with Crippen molar-refractivity contribution in [3.8, 4) is 0 Å². The maximum atomic E-state index is 11.8. The second-order valence-corrected chi connectivity index (χ2v) is 5.29. The lowest BCUT2D eigenvalue weighted by Gasteiger charge is -2.07. The van der Waals surface area contributed by atoms with Gasteiger partial charge in [0.1, 0.15) is 5.69 Å². The highest BCUT2D eigenvalue weighted by molar-refractivity contribution is 6.30. The number of rotatable bonds is 7. The molecule has 0 unspecified atom stereocenters. The molecule has 1 aromatic carbocycles. The van der Waals surface area contributed by atoms with Gasteiger partial charge in [0.25, 0.3) is 5.91 Å². The molecule has 1 aromatic heterocycles. The molecule has 0 aliphatic rings. The van der Waals surface area contributed by atoms with Crippen molar-refractivity contribution in [2.75, 3.05) is 13.1 Å². The van der Waals surface area contributed by atoms with Gasteiger partial charge in [-0.2, -0.15) is 0 Å². The molecule has 0 spiro atoms. The Morgan fingerprint density at radius 1 is 1.04 bits per heavy atom. The zero-order valence-corrected chi connectivity index (χ0v) is 13.2. The van der Waals surface area contributed by atoms with Crippen LogP contribution in [0.1, 0.15) is 22.5 Å². The highest BCUT2D eigenvalue weighted by Crippen LogP contribution is 2.09. The Balaban J connectivity index is 1.61. The van der Waals surface area contributed by atoms with Crippen LogP contribution in [-0.2, 0) is 11.2 Å². The number of amides is 2. The van der Waals surface area contributed by atoms with Crippen molar-refractivity contribution in [3.05, 3.63) is 59.1 Å². The fourth-order valence-corrected chi connectivity index (χ4v) is 2.00. The minimum absolute atomic E-state index is 0.0624. The third-order valence-electron chi connectivity index (χ3n) is 3.04. The first-order chi connectivity index (χ1) is 11.1. The second-order valence-electron chi connectivity index (χ2n) is 4.85. The van der Waals surface area contributed by atoms with E-state index in [9.17, 15) is 9.59 Å². The third kappa shape index (κ3) is 6.04. The molecular formula is C16H17ClN4O2. The molecule has 0 fully saturated rings. The van der Waals surface area contributed by atoms with Crippen molar-refractivity contribution in [3.63, 3.8) is 0 Å². The number of nitrogens with zero attached hydrogens (tertiary/aromatic N) is 2. The van der Waals surface area contributed by atoms with Crippen molar-refractivity contribution < 1.29 is 9.59 Å². The molecule has 23 heavy (non-hydrogen) atoms. The summed E-state index contributed by atoms with van der Waals surface area (Å²) >= 11 is 5.79. The van der Waals surface area contributed by atoms with Crippen molar-refractivity contribution in [1.82, 2.24) is 20.6 Å². The molecule has 120 valence electrons. The summed E-state index contributed by atoms with van der Waals surface area (Å²) in [5.74, 6) is -0.335. The second kappa shape index (κ2) is 8.85. The van der Waals surface area contributed by atoms with Crippen molar-refractivity contribution in [1.29, 1.82) is 0 Å². The van der Waals surface area contributed by atoms with Gasteiger partial charge in [-0.1, -0.05) is 23.7 Å². The fourth-order valence-electron chi connectivity index (χ4n) is 1.88. The molecule has 7 heteroatoms. The Labute approximate surface area is 139 Å². The quantitative estimate of drug-likeness (QED) is 0.754. The summed E-state index contributed by atoms with van der Waals surface area (Å²) in [7, 11) is 0. The first-order valence-corrected chi connectivity index (χ1v) is 7.58. The van der Waals surface area contributed by atoms with Gasteiger partial charge in [-0.05, 0) is 24.1 Å². The predicted octanol–water partition coefficient (Wildman–Crippen LogP) is 1.61. The number of hydrogen-bond donors (Lipinski definition) is 2. The number of carbonyl (C=O) groups is 2. The van der Waals surface area contributed by atoms with E-state index in [1.807, 2.05) is 12.1 Å². The number of carbonyl (C=O) groups excluding carboxylic acids is 2. The minimum atomic E-state index is -0.273. The highest BCUT2D eigenvalue weighted by atomic mass is 35.5. The topological polar surface area (TPSA) is 84.0 Å². The maximum Gasteiger partial charge on any atom is 0.271 e. The van der Waals surface area contributed by atoms with E-state index >= 15 is 0 Å². The van der Waals surface area contributed by atoms with Gasteiger partial charge >= 0.3 is 0 Å². The van der Waals surface area contributed by atoms with Crippen LogP contribution in [0.3, 0.4) is 0 Å². The Bertz CT molecular complexity index is 647. The van der Waals surface area contributed by atoms with Crippen LogP contribution in [0.2, 0.25) is 5.02 Å². The van der Waals surface area contributed by atoms with E-state index in [2.05, 4.69) is 20.6 Å². The Kier molecular flexibility index (Phi) is 6.50. The number of hydrogen-bond acceptors (Lipinski definition) is 4. The SMILES string of the molecule is O=C(Cc1ccc(Cl)cc1)NCCCNC(=O)c1cnccn1. The molecule has 1 heterocycles. The van der Waals surface area contributed by atoms with Crippen LogP contribution in [-0.4, -0.2) is 34.9 Å². The lowest BCUT2D eigenvalue weighted by molar-refractivity contribution is -0.120. The van der Waals surface area contributed by atoms with E-state index in [1.54, 1.807) is 12.1 Å². The van der Waals surface area contributed by atoms with Gasteiger partial charge in [0.2, 0.25) is 5.91 Å². The molecule has 0 aliphatic heterocycles. The zero-order valence-electron chi connectivity index (χ0n) is 12.5. The molecule has 6 nitrogen and oxygen atoms in total. The number of benzene rings is 1. The van der Waals surface area contributed by atoms with Gasteiger partial charge in [0.15, 0.2) is 0 Å². The van der Waals surface area contributed by atoms with Gasteiger partial charge in [-0.3, -0.25) is 14.6 Å². The molecule has 0 atom stereocenters. The number of aromatic nitrogens is 2. The van der Waals surface area contributed by atoms with Crippen LogP contribution in [0.15, 0.2) is 42.9 Å². The predicted molar refractivity (Wildman–Crippen MR) is 87.1 cm³/mol. The summed E-state index contributed by atoms with van der Waals surface area (Å²) < 4.78 is 0. The first-order valence-electron chi connectivity index (χ1n) is 7.20. The van der Waals surface area contributed by atoms with Crippen LogP contribution in [0, 0.1) is 0 Å². The normalized spacial score (nSPS) is 10.1. The summed E-state index contributed by atoms with van der Waals surface area (Å²) in [6.45, 7) is 0.948. The van der Waals surface area contributed by atoms with E-state index in [4.69, 9.17) is 11.6 Å². The van der Waals surface area contributed by atoms with Crippen LogP contribution in [0.5, 0.6) is 0 Å². The van der Waals surface area contributed by atoms with E-state index in [0.717, 1.165) is 5.56 Å². The average Bonchev–Trinajstić information content (AvgIpc) is 2.57. The van der Waals surface area contributed by atoms with E-state index in [0.29, 0.717) is 31.0 Å². The van der Waals surface area contributed by atoms with Gasteiger partial charge in [-0.25, -0.2) is 4.98 Å². The standard InChI is InChI=1S/C16H17ClN4O2/c17-13-4-2-12(3-5-13)10-15(22)20-6-1-7-21-16(23)14-11-18-8-9-19-14/h2-5,8-9,11H,1,6-7,10H2,(H,20,22)(H,21,23). The molecule has 2 N–H and O–H groups in total. The van der Waals surface area contributed by atoms with Crippen LogP contribution < -0.4 is 10.6 Å². The highest BCUT2D eigenvalue weighted by Gasteiger charge is 2.06. The van der Waals surface area contributed by atoms with E-state index < -0.39 is 0 Å². The van der Waals surface area contributed by atoms with Crippen LogP contribution in [0.4, 0.5) is 0 Å². The van der Waals surface area contributed by atoms with Crippen molar-refractivity contribution >= 4 is 23.4 Å². The summed E-state index contributed by atoms with van der Waals surface area (Å²) in [5, 5.41) is 6.18. The van der Waals surface area contributed by atoms with Gasteiger partial charge < -0.3 is 10.6 Å². The molecule has 0 radical (unpaired) electrons. The molecular weight excluding hydrogens is 316 g/mol. The Morgan fingerprint density at radius 2 is 1.78 bits per heavy atom. The van der Waals surface area contributed by atoms with Crippen LogP contribution >= 0.6 is 11.6 Å². The molecule has 0 aliphatic carbocycles. The number of nitrogens with one attached hydrogen (secondary N) is 2. The first kappa shape index (κ1) is 16.9. The summed E-state index contributed by atoms with van der Waals surface area (Å²) in [6.07, 6.45) is 5.32. The molecule has 2 amide bonds. The van der Waals surface area contributed by atoms with Crippen molar-refractivity contribution in [2.24, 2.45) is 0 Å². The van der Waals surface area contributed by atoms with Gasteiger partial charge in [0, 0.05) is 30.5 Å². The Hall–Kier alpha value is -2.47. The lowest BCUT2D eigenvalue weighted by atomic mass is 10.1. The van der Waals surface area contributed by atoms with E-state index in [1.165, 1.54) is 18.6 Å². The summed E-state index contributed by atoms with van der Waals surface area (Å²) in [5.41, 5.74) is 1.18. The number of halogens is 1. The summed E-state index contributed by atoms with van der Waals surface area (Å²) in [6, 6.07) is 7.16. The smallest absolute Gasteiger partial charge is 0.271 e. The van der Waals surface area contributed by atoms with Crippen molar-refractivity contribution in [2.45, 2.75) is 12.8 Å². The van der Waals surface area contributed by atoms with E-state index in [-0.39, 0.29) is 17.5 Å². The zero-order chi connectivity index (χ0) is 16.5. The molecule has 0 saturated carbocycles. The molecule has 2 aromatic rings. The fraction of sp³-hybridized carbons (Fsp3) is 0.250. The Morgan fingerprint density at radius 3 is 2.48 bits per heavy atom. The maximum absolute atomic E-state index is 11.8. The van der Waals surface area contributed by atoms with Gasteiger partial charge in [0.05, 0.1) is 12.6 Å². The third-order valence-corrected chi connectivity index (χ3v) is 3.29. The molecule has 0 saturated heterocycles. The van der Waals surface area contributed by atoms with Crippen LogP contribution in [0.25, 0.3) is 0 Å². The lowest BCUT2D eigenvalue weighted by Crippen LogP contribution is -2.31. The monoisotopic (exact) mass is 332 g/mol. The average molecular weight is 333 g/mol.